The normalized spacial score (nSPS) is 21.5. The van der Waals surface area contributed by atoms with E-state index in [-0.39, 0.29) is 5.97 Å². The summed E-state index contributed by atoms with van der Waals surface area (Å²) in [5, 5.41) is 0. The van der Waals surface area contributed by atoms with E-state index in [9.17, 15) is 4.79 Å². The van der Waals surface area contributed by atoms with Crippen molar-refractivity contribution in [3.63, 3.8) is 0 Å². The minimum atomic E-state index is -1.18. The Morgan fingerprint density at radius 2 is 1.62 bits per heavy atom. The van der Waals surface area contributed by atoms with Gasteiger partial charge < -0.3 is 14.0 Å². The molecule has 0 radical (unpaired) electrons. The third-order valence-electron chi connectivity index (χ3n) is 4.07. The van der Waals surface area contributed by atoms with Crippen LogP contribution in [0.5, 0.6) is 0 Å². The SMILES string of the molecule is CC(=CC(=O)OCC[Si](C)(C)C)B1OC(C)(C)C(C)(C)O1. The van der Waals surface area contributed by atoms with E-state index in [0.29, 0.717) is 6.61 Å². The number of allylic oxidation sites excluding steroid dienone is 1. The van der Waals surface area contributed by atoms with Gasteiger partial charge in [-0.25, -0.2) is 4.79 Å². The third-order valence-corrected chi connectivity index (χ3v) is 5.77. The molecule has 0 bridgehead atoms. The van der Waals surface area contributed by atoms with Gasteiger partial charge in [-0.3, -0.25) is 0 Å². The Labute approximate surface area is 130 Å². The highest BCUT2D eigenvalue weighted by Crippen LogP contribution is 2.38. The van der Waals surface area contributed by atoms with E-state index in [4.69, 9.17) is 14.0 Å². The maximum absolute atomic E-state index is 11.8. The first-order chi connectivity index (χ1) is 9.34. The molecule has 1 heterocycles. The Morgan fingerprint density at radius 3 is 2.05 bits per heavy atom. The number of carbonyl (C=O) groups excluding carboxylic acids is 1. The topological polar surface area (TPSA) is 44.8 Å². The summed E-state index contributed by atoms with van der Waals surface area (Å²) in [5.41, 5.74) is -0.0464. The van der Waals surface area contributed by atoms with Crippen LogP contribution in [-0.2, 0) is 18.8 Å². The van der Waals surface area contributed by atoms with Gasteiger partial charge >= 0.3 is 13.1 Å². The minimum absolute atomic E-state index is 0.319. The number of carbonyl (C=O) groups is 1. The van der Waals surface area contributed by atoms with Gasteiger partial charge in [0.05, 0.1) is 17.8 Å². The largest absolute Gasteiger partial charge is 0.490 e. The predicted molar refractivity (Wildman–Crippen MR) is 89.0 cm³/mol. The molecule has 1 aliphatic heterocycles. The zero-order valence-electron chi connectivity index (χ0n) is 14.7. The summed E-state index contributed by atoms with van der Waals surface area (Å²) in [6.07, 6.45) is 1.48. The van der Waals surface area contributed by atoms with Crippen LogP contribution >= 0.6 is 0 Å². The Bertz CT molecular complexity index is 408. The van der Waals surface area contributed by atoms with Crippen molar-refractivity contribution in [1.82, 2.24) is 0 Å². The summed E-state index contributed by atoms with van der Waals surface area (Å²) >= 11 is 0. The number of hydrogen-bond donors (Lipinski definition) is 0. The molecule has 1 saturated heterocycles. The molecular formula is C15H29BO4Si. The summed E-state index contributed by atoms with van der Waals surface area (Å²) in [7, 11) is -1.66. The summed E-state index contributed by atoms with van der Waals surface area (Å²) < 4.78 is 17.0. The molecule has 0 atom stereocenters. The predicted octanol–water partition coefficient (Wildman–Crippen LogP) is 3.45. The number of rotatable bonds is 5. The Hall–Kier alpha value is -0.588. The number of ether oxygens (including phenoxy) is 1. The molecule has 120 valence electrons. The summed E-state index contributed by atoms with van der Waals surface area (Å²) in [6, 6.07) is 0.974. The quantitative estimate of drug-likeness (QED) is 0.443. The van der Waals surface area contributed by atoms with Gasteiger partial charge in [0, 0.05) is 14.1 Å². The van der Waals surface area contributed by atoms with Gasteiger partial charge in [0.2, 0.25) is 0 Å². The molecular weight excluding hydrogens is 283 g/mol. The van der Waals surface area contributed by atoms with Gasteiger partial charge in [-0.1, -0.05) is 19.6 Å². The fourth-order valence-electron chi connectivity index (χ4n) is 1.78. The van der Waals surface area contributed by atoms with Crippen molar-refractivity contribution in [2.45, 2.75) is 71.5 Å². The van der Waals surface area contributed by atoms with Crippen LogP contribution in [0.15, 0.2) is 11.5 Å². The van der Waals surface area contributed by atoms with Crippen LogP contribution in [0.3, 0.4) is 0 Å². The maximum Gasteiger partial charge on any atom is 0.490 e. The summed E-state index contributed by atoms with van der Waals surface area (Å²) in [4.78, 5) is 11.8. The second kappa shape index (κ2) is 6.26. The molecule has 0 aromatic rings. The lowest BCUT2D eigenvalue weighted by atomic mass is 9.79. The zero-order chi connectivity index (χ0) is 16.5. The first kappa shape index (κ1) is 18.5. The van der Waals surface area contributed by atoms with Crippen LogP contribution in [0, 0.1) is 0 Å². The molecule has 0 aromatic carbocycles. The van der Waals surface area contributed by atoms with Crippen LogP contribution in [0.1, 0.15) is 34.6 Å². The zero-order valence-corrected chi connectivity index (χ0v) is 15.7. The van der Waals surface area contributed by atoms with Crippen LogP contribution in [-0.4, -0.2) is 39.0 Å². The smallest absolute Gasteiger partial charge is 0.463 e. The van der Waals surface area contributed by atoms with E-state index in [1.165, 1.54) is 6.08 Å². The lowest BCUT2D eigenvalue weighted by Gasteiger charge is -2.32. The first-order valence-electron chi connectivity index (χ1n) is 7.55. The number of hydrogen-bond acceptors (Lipinski definition) is 4. The maximum atomic E-state index is 11.8. The molecule has 0 spiro atoms. The average Bonchev–Trinajstić information content (AvgIpc) is 2.46. The molecule has 1 rings (SSSR count). The van der Waals surface area contributed by atoms with Gasteiger partial charge in [0.15, 0.2) is 0 Å². The van der Waals surface area contributed by atoms with E-state index in [1.54, 1.807) is 0 Å². The standard InChI is InChI=1S/C15H29BO4Si/c1-12(11-13(17)18-9-10-21(6,7)8)16-19-14(2,3)15(4,5)20-16/h11H,9-10H2,1-8H3. The van der Waals surface area contributed by atoms with E-state index >= 15 is 0 Å². The second-order valence-corrected chi connectivity index (χ2v) is 13.6. The highest BCUT2D eigenvalue weighted by molar-refractivity contribution is 6.76. The molecule has 6 heteroatoms. The first-order valence-corrected chi connectivity index (χ1v) is 11.3. The molecule has 0 amide bonds. The van der Waals surface area contributed by atoms with E-state index in [1.807, 2.05) is 34.6 Å². The molecule has 0 aliphatic carbocycles. The Morgan fingerprint density at radius 1 is 1.14 bits per heavy atom. The minimum Gasteiger partial charge on any atom is -0.463 e. The Balaban J connectivity index is 2.56. The average molecular weight is 312 g/mol. The second-order valence-electron chi connectivity index (χ2n) is 7.95. The van der Waals surface area contributed by atoms with Crippen molar-refractivity contribution >= 4 is 21.2 Å². The summed E-state index contributed by atoms with van der Waals surface area (Å²) in [5.74, 6) is -0.319. The van der Waals surface area contributed by atoms with E-state index in [2.05, 4.69) is 19.6 Å². The van der Waals surface area contributed by atoms with E-state index in [0.717, 1.165) is 11.5 Å². The van der Waals surface area contributed by atoms with Crippen LogP contribution in [0.4, 0.5) is 0 Å². The van der Waals surface area contributed by atoms with Crippen LogP contribution in [0.2, 0.25) is 25.7 Å². The van der Waals surface area contributed by atoms with Crippen molar-refractivity contribution < 1.29 is 18.8 Å². The molecule has 21 heavy (non-hydrogen) atoms. The van der Waals surface area contributed by atoms with Crippen molar-refractivity contribution in [1.29, 1.82) is 0 Å². The molecule has 1 aliphatic rings. The molecule has 0 N–H and O–H groups in total. The fraction of sp³-hybridized carbons (Fsp3) is 0.800. The molecule has 0 unspecified atom stereocenters. The van der Waals surface area contributed by atoms with Crippen molar-refractivity contribution in [3.8, 4) is 0 Å². The van der Waals surface area contributed by atoms with Crippen molar-refractivity contribution in [2.24, 2.45) is 0 Å². The lowest BCUT2D eigenvalue weighted by Crippen LogP contribution is -2.41. The molecule has 0 saturated carbocycles. The van der Waals surface area contributed by atoms with Gasteiger partial charge in [0.25, 0.3) is 0 Å². The van der Waals surface area contributed by atoms with Gasteiger partial charge in [-0.15, -0.1) is 0 Å². The van der Waals surface area contributed by atoms with Gasteiger partial charge in [-0.05, 0) is 46.1 Å². The molecule has 1 fully saturated rings. The number of esters is 1. The lowest BCUT2D eigenvalue weighted by molar-refractivity contribution is -0.137. The highest BCUT2D eigenvalue weighted by atomic mass is 28.3. The Kier molecular flexibility index (Phi) is 5.51. The molecule has 4 nitrogen and oxygen atoms in total. The van der Waals surface area contributed by atoms with Crippen LogP contribution < -0.4 is 0 Å². The highest BCUT2D eigenvalue weighted by Gasteiger charge is 2.51. The fourth-order valence-corrected chi connectivity index (χ4v) is 2.50. The van der Waals surface area contributed by atoms with Crippen molar-refractivity contribution in [2.75, 3.05) is 6.61 Å². The summed E-state index contributed by atoms with van der Waals surface area (Å²) in [6.45, 7) is 17.1. The third kappa shape index (κ3) is 5.27. The van der Waals surface area contributed by atoms with Gasteiger partial charge in [-0.2, -0.15) is 0 Å². The van der Waals surface area contributed by atoms with Gasteiger partial charge in [0.1, 0.15) is 0 Å². The van der Waals surface area contributed by atoms with Crippen LogP contribution in [0.25, 0.3) is 0 Å². The van der Waals surface area contributed by atoms with E-state index < -0.39 is 26.4 Å². The van der Waals surface area contributed by atoms with Crippen molar-refractivity contribution in [3.05, 3.63) is 11.5 Å². The molecule has 0 aromatic heterocycles. The monoisotopic (exact) mass is 312 g/mol.